The molecule has 3 nitrogen and oxygen atoms in total. The molecule has 0 unspecified atom stereocenters. The predicted octanol–water partition coefficient (Wildman–Crippen LogP) is 4.23. The van der Waals surface area contributed by atoms with Crippen molar-refractivity contribution in [3.8, 4) is 11.5 Å². The van der Waals surface area contributed by atoms with Gasteiger partial charge in [0, 0.05) is 19.3 Å². The fourth-order valence-electron chi connectivity index (χ4n) is 3.91. The number of piperidine rings is 1. The third kappa shape index (κ3) is 3.30. The summed E-state index contributed by atoms with van der Waals surface area (Å²) in [6.07, 6.45) is 8.69. The van der Waals surface area contributed by atoms with Crippen molar-refractivity contribution in [2.75, 3.05) is 20.1 Å². The zero-order valence-corrected chi connectivity index (χ0v) is 13.5. The average molecular weight is 306 g/mol. The molecule has 118 valence electrons. The van der Waals surface area contributed by atoms with E-state index in [1.54, 1.807) is 6.20 Å². The molecule has 0 N–H and O–H groups in total. The lowest BCUT2D eigenvalue weighted by atomic mass is 9.77. The maximum Gasteiger partial charge on any atom is 0.146 e. The molecule has 2 atom stereocenters. The van der Waals surface area contributed by atoms with Crippen molar-refractivity contribution in [2.45, 2.75) is 12.8 Å². The molecule has 1 aromatic heterocycles. The molecule has 1 fully saturated rings. The van der Waals surface area contributed by atoms with E-state index in [1.165, 1.54) is 30.6 Å². The second kappa shape index (κ2) is 6.17. The first kappa shape index (κ1) is 14.5. The van der Waals surface area contributed by atoms with Crippen LogP contribution in [0.15, 0.2) is 54.9 Å². The van der Waals surface area contributed by atoms with Crippen LogP contribution in [-0.4, -0.2) is 30.0 Å². The van der Waals surface area contributed by atoms with Gasteiger partial charge >= 0.3 is 0 Å². The molecule has 2 aliphatic rings. The lowest BCUT2D eigenvalue weighted by Crippen LogP contribution is -2.39. The van der Waals surface area contributed by atoms with Crippen molar-refractivity contribution in [3.05, 3.63) is 60.4 Å². The molecular weight excluding hydrogens is 284 g/mol. The number of fused-ring (bicyclic) bond motifs is 2. The van der Waals surface area contributed by atoms with Crippen molar-refractivity contribution >= 4 is 5.57 Å². The molecule has 0 radical (unpaired) electrons. The minimum Gasteiger partial charge on any atom is -0.456 e. The SMILES string of the molecule is CN1C[C@H]2C=C(c3cncc(Oc4ccccc4)c3)C[C@H](C2)C1. The standard InChI is InChI=1S/C20H22N2O/c1-22-13-15-7-16(14-22)9-17(8-15)18-10-20(12-21-11-18)23-19-5-3-2-4-6-19/h2-6,8,10-12,15-16H,7,9,13-14H2,1H3/t15-,16+/m1/s1. The van der Waals surface area contributed by atoms with E-state index in [4.69, 9.17) is 4.74 Å². The second-order valence-corrected chi connectivity index (χ2v) is 6.80. The number of hydrogen-bond acceptors (Lipinski definition) is 3. The Morgan fingerprint density at radius 1 is 1.09 bits per heavy atom. The Balaban J connectivity index is 1.57. The van der Waals surface area contributed by atoms with Crippen LogP contribution in [0.3, 0.4) is 0 Å². The van der Waals surface area contributed by atoms with Crippen LogP contribution in [0.5, 0.6) is 11.5 Å². The number of para-hydroxylation sites is 1. The number of likely N-dealkylation sites (tertiary alicyclic amines) is 1. The first-order valence-electron chi connectivity index (χ1n) is 8.34. The van der Waals surface area contributed by atoms with Gasteiger partial charge in [-0.1, -0.05) is 24.3 Å². The van der Waals surface area contributed by atoms with Crippen LogP contribution in [-0.2, 0) is 0 Å². The largest absolute Gasteiger partial charge is 0.456 e. The molecule has 2 aromatic rings. The smallest absolute Gasteiger partial charge is 0.146 e. The fraction of sp³-hybridized carbons (Fsp3) is 0.350. The molecule has 0 spiro atoms. The molecule has 3 heteroatoms. The second-order valence-electron chi connectivity index (χ2n) is 6.80. The molecule has 2 bridgehead atoms. The van der Waals surface area contributed by atoms with Crippen molar-refractivity contribution < 1.29 is 4.74 Å². The maximum atomic E-state index is 5.92. The van der Waals surface area contributed by atoms with Crippen LogP contribution >= 0.6 is 0 Å². The molecule has 1 aliphatic heterocycles. The highest BCUT2D eigenvalue weighted by Crippen LogP contribution is 2.38. The number of benzene rings is 1. The van der Waals surface area contributed by atoms with Crippen LogP contribution in [0.2, 0.25) is 0 Å². The molecule has 1 saturated heterocycles. The molecule has 0 saturated carbocycles. The molecular formula is C20H22N2O. The first-order valence-corrected chi connectivity index (χ1v) is 8.34. The van der Waals surface area contributed by atoms with Crippen LogP contribution in [0.25, 0.3) is 5.57 Å². The number of hydrogen-bond donors (Lipinski definition) is 0. The van der Waals surface area contributed by atoms with Gasteiger partial charge in [-0.05, 0) is 61.1 Å². The van der Waals surface area contributed by atoms with Gasteiger partial charge in [0.25, 0.3) is 0 Å². The van der Waals surface area contributed by atoms with E-state index in [-0.39, 0.29) is 0 Å². The highest BCUT2D eigenvalue weighted by molar-refractivity contribution is 5.67. The third-order valence-electron chi connectivity index (χ3n) is 4.76. The summed E-state index contributed by atoms with van der Waals surface area (Å²) < 4.78 is 5.92. The zero-order valence-electron chi connectivity index (χ0n) is 13.5. The van der Waals surface area contributed by atoms with Crippen LogP contribution in [0.1, 0.15) is 18.4 Å². The van der Waals surface area contributed by atoms with E-state index in [1.807, 2.05) is 36.5 Å². The number of pyridine rings is 1. The van der Waals surface area contributed by atoms with Gasteiger partial charge in [-0.2, -0.15) is 0 Å². The molecule has 2 heterocycles. The average Bonchev–Trinajstić information content (AvgIpc) is 2.55. The summed E-state index contributed by atoms with van der Waals surface area (Å²) in [5.74, 6) is 3.11. The van der Waals surface area contributed by atoms with E-state index >= 15 is 0 Å². The van der Waals surface area contributed by atoms with E-state index in [0.717, 1.165) is 23.8 Å². The topological polar surface area (TPSA) is 25.4 Å². The van der Waals surface area contributed by atoms with Gasteiger partial charge in [-0.15, -0.1) is 0 Å². The van der Waals surface area contributed by atoms with Crippen molar-refractivity contribution in [3.63, 3.8) is 0 Å². The summed E-state index contributed by atoms with van der Waals surface area (Å²) in [5.41, 5.74) is 2.64. The summed E-state index contributed by atoms with van der Waals surface area (Å²) in [6.45, 7) is 2.38. The van der Waals surface area contributed by atoms with E-state index in [9.17, 15) is 0 Å². The van der Waals surface area contributed by atoms with Crippen LogP contribution < -0.4 is 4.74 Å². The highest BCUT2D eigenvalue weighted by atomic mass is 16.5. The van der Waals surface area contributed by atoms with Gasteiger partial charge in [-0.3, -0.25) is 4.98 Å². The Kier molecular flexibility index (Phi) is 3.88. The number of nitrogens with zero attached hydrogens (tertiary/aromatic N) is 2. The van der Waals surface area contributed by atoms with E-state index < -0.39 is 0 Å². The zero-order chi connectivity index (χ0) is 15.6. The summed E-state index contributed by atoms with van der Waals surface area (Å²) in [5, 5.41) is 0. The Hall–Kier alpha value is -2.13. The number of allylic oxidation sites excluding steroid dienone is 1. The number of rotatable bonds is 3. The van der Waals surface area contributed by atoms with Gasteiger partial charge in [-0.25, -0.2) is 0 Å². The minimum atomic E-state index is 0.682. The van der Waals surface area contributed by atoms with Crippen LogP contribution in [0, 0.1) is 11.8 Å². The van der Waals surface area contributed by atoms with Gasteiger partial charge < -0.3 is 9.64 Å². The molecule has 1 aromatic carbocycles. The Bertz CT molecular complexity index is 711. The van der Waals surface area contributed by atoms with Gasteiger partial charge in [0.2, 0.25) is 0 Å². The van der Waals surface area contributed by atoms with Gasteiger partial charge in [0.1, 0.15) is 11.5 Å². The van der Waals surface area contributed by atoms with E-state index in [2.05, 4.69) is 29.1 Å². The number of aromatic nitrogens is 1. The Morgan fingerprint density at radius 2 is 1.96 bits per heavy atom. The fourth-order valence-corrected chi connectivity index (χ4v) is 3.91. The van der Waals surface area contributed by atoms with Crippen molar-refractivity contribution in [2.24, 2.45) is 11.8 Å². The van der Waals surface area contributed by atoms with Crippen molar-refractivity contribution in [1.82, 2.24) is 9.88 Å². The molecule has 23 heavy (non-hydrogen) atoms. The first-order chi connectivity index (χ1) is 11.3. The Morgan fingerprint density at radius 3 is 2.78 bits per heavy atom. The molecule has 4 rings (SSSR count). The highest BCUT2D eigenvalue weighted by Gasteiger charge is 2.29. The van der Waals surface area contributed by atoms with E-state index in [0.29, 0.717) is 5.92 Å². The quantitative estimate of drug-likeness (QED) is 0.848. The third-order valence-corrected chi connectivity index (χ3v) is 4.76. The predicted molar refractivity (Wildman–Crippen MR) is 92.4 cm³/mol. The lowest BCUT2D eigenvalue weighted by Gasteiger charge is -2.38. The molecule has 1 aliphatic carbocycles. The monoisotopic (exact) mass is 306 g/mol. The Labute approximate surface area is 137 Å². The minimum absolute atomic E-state index is 0.682. The summed E-state index contributed by atoms with van der Waals surface area (Å²) in [6, 6.07) is 12.0. The van der Waals surface area contributed by atoms with Gasteiger partial charge in [0.15, 0.2) is 0 Å². The summed E-state index contributed by atoms with van der Waals surface area (Å²) >= 11 is 0. The normalized spacial score (nSPS) is 24.1. The molecule has 0 amide bonds. The number of ether oxygens (including phenoxy) is 1. The van der Waals surface area contributed by atoms with Crippen molar-refractivity contribution in [1.29, 1.82) is 0 Å². The lowest BCUT2D eigenvalue weighted by molar-refractivity contribution is 0.170. The van der Waals surface area contributed by atoms with Gasteiger partial charge in [0.05, 0.1) is 6.20 Å². The summed E-state index contributed by atoms with van der Waals surface area (Å²) in [7, 11) is 2.23. The summed E-state index contributed by atoms with van der Waals surface area (Å²) in [4.78, 5) is 6.85. The van der Waals surface area contributed by atoms with Crippen LogP contribution in [0.4, 0.5) is 0 Å². The maximum absolute atomic E-state index is 5.92.